The van der Waals surface area contributed by atoms with Crippen molar-refractivity contribution in [3.8, 4) is 0 Å². The molecule has 0 aliphatic carbocycles. The van der Waals surface area contributed by atoms with E-state index in [1.807, 2.05) is 27.4 Å². The van der Waals surface area contributed by atoms with Gasteiger partial charge in [-0.25, -0.2) is 14.1 Å². The van der Waals surface area contributed by atoms with Crippen LogP contribution in [0.5, 0.6) is 0 Å². The van der Waals surface area contributed by atoms with Crippen molar-refractivity contribution in [2.24, 2.45) is 0 Å². The van der Waals surface area contributed by atoms with Crippen molar-refractivity contribution < 1.29 is 4.39 Å². The first-order valence-corrected chi connectivity index (χ1v) is 9.31. The summed E-state index contributed by atoms with van der Waals surface area (Å²) < 4.78 is 18.6. The lowest BCUT2D eigenvalue weighted by Crippen LogP contribution is -2.07. The van der Waals surface area contributed by atoms with Crippen LogP contribution in [0.2, 0.25) is 0 Å². The lowest BCUT2D eigenvalue weighted by molar-refractivity contribution is 0.637. The number of halogens is 2. The van der Waals surface area contributed by atoms with E-state index in [0.717, 1.165) is 27.4 Å². The van der Waals surface area contributed by atoms with Gasteiger partial charge in [0, 0.05) is 18.5 Å². The summed E-state index contributed by atoms with van der Waals surface area (Å²) in [4.78, 5) is 4.34. The molecule has 0 saturated carbocycles. The minimum Gasteiger partial charge on any atom is -0.303 e. The van der Waals surface area contributed by atoms with Crippen molar-refractivity contribution in [3.05, 3.63) is 94.5 Å². The van der Waals surface area contributed by atoms with Gasteiger partial charge in [-0.2, -0.15) is 0 Å². The van der Waals surface area contributed by atoms with Gasteiger partial charge in [0.25, 0.3) is 0 Å². The molecule has 0 amide bonds. The van der Waals surface area contributed by atoms with Crippen LogP contribution in [0.3, 0.4) is 0 Å². The minimum atomic E-state index is -0.371. The smallest absolute Gasteiger partial charge is 0.128 e. The third-order valence-corrected chi connectivity index (χ3v) is 5.15. The summed E-state index contributed by atoms with van der Waals surface area (Å²) in [7, 11) is 0. The van der Waals surface area contributed by atoms with Crippen LogP contribution >= 0.6 is 15.9 Å². The van der Waals surface area contributed by atoms with Gasteiger partial charge in [0.1, 0.15) is 16.8 Å². The van der Waals surface area contributed by atoms with E-state index in [9.17, 15) is 4.39 Å². The van der Waals surface area contributed by atoms with Gasteiger partial charge in [-0.05, 0) is 33.6 Å². The molecular weight excluding hydrogens is 409 g/mol. The maximum atomic E-state index is 14.1. The van der Waals surface area contributed by atoms with Crippen LogP contribution in [-0.2, 0) is 19.4 Å². The average molecular weight is 426 g/mol. The van der Waals surface area contributed by atoms with Gasteiger partial charge in [0.05, 0.1) is 23.6 Å². The highest BCUT2D eigenvalue weighted by atomic mass is 79.9. The first-order chi connectivity index (χ1) is 13.2. The molecule has 4 rings (SSSR count). The number of rotatable bonds is 4. The molecular formula is C20H17BrFN5. The molecule has 0 radical (unpaired) electrons. The van der Waals surface area contributed by atoms with Crippen molar-refractivity contribution in [3.63, 3.8) is 0 Å². The fraction of sp³-hybridized carbons (Fsp3) is 0.150. The number of benzene rings is 1. The van der Waals surface area contributed by atoms with Gasteiger partial charge < -0.3 is 4.57 Å². The largest absolute Gasteiger partial charge is 0.303 e. The molecule has 7 heteroatoms. The van der Waals surface area contributed by atoms with Gasteiger partial charge >= 0.3 is 0 Å². The van der Waals surface area contributed by atoms with Gasteiger partial charge in [0.2, 0.25) is 0 Å². The number of hydrogen-bond donors (Lipinski definition) is 0. The molecule has 3 heterocycles. The first-order valence-electron chi connectivity index (χ1n) is 8.51. The molecule has 0 spiro atoms. The van der Waals surface area contributed by atoms with Crippen molar-refractivity contribution in [2.45, 2.75) is 19.4 Å². The lowest BCUT2D eigenvalue weighted by atomic mass is 10.1. The molecule has 0 N–H and O–H groups in total. The zero-order valence-corrected chi connectivity index (χ0v) is 16.1. The van der Waals surface area contributed by atoms with Crippen molar-refractivity contribution in [2.75, 3.05) is 0 Å². The second-order valence-electron chi connectivity index (χ2n) is 6.25. The molecule has 2 aromatic heterocycles. The van der Waals surface area contributed by atoms with Gasteiger partial charge in [-0.1, -0.05) is 48.2 Å². The van der Waals surface area contributed by atoms with Crippen molar-refractivity contribution in [1.29, 1.82) is 0 Å². The Bertz CT molecular complexity index is 1050. The summed E-state index contributed by atoms with van der Waals surface area (Å²) in [5.74, 6) is -0.371. The van der Waals surface area contributed by atoms with E-state index in [0.29, 0.717) is 19.4 Å². The van der Waals surface area contributed by atoms with E-state index in [1.54, 1.807) is 6.33 Å². The molecule has 1 aliphatic rings. The minimum absolute atomic E-state index is 0.371. The molecule has 5 nitrogen and oxygen atoms in total. The van der Waals surface area contributed by atoms with E-state index in [-0.39, 0.29) is 5.83 Å². The monoisotopic (exact) mass is 425 g/mol. The predicted molar refractivity (Wildman–Crippen MR) is 106 cm³/mol. The summed E-state index contributed by atoms with van der Waals surface area (Å²) in [6.07, 6.45) is 7.24. The van der Waals surface area contributed by atoms with Crippen molar-refractivity contribution in [1.82, 2.24) is 24.5 Å². The zero-order valence-electron chi connectivity index (χ0n) is 14.5. The van der Waals surface area contributed by atoms with E-state index in [4.69, 9.17) is 0 Å². The third kappa shape index (κ3) is 3.55. The van der Waals surface area contributed by atoms with E-state index >= 15 is 0 Å². The van der Waals surface area contributed by atoms with Gasteiger partial charge in [0.15, 0.2) is 0 Å². The lowest BCUT2D eigenvalue weighted by Gasteiger charge is -2.08. The molecule has 0 atom stereocenters. The Labute approximate surface area is 164 Å². The van der Waals surface area contributed by atoms with Crippen LogP contribution in [0.4, 0.5) is 4.39 Å². The number of hydrogen-bond acceptors (Lipinski definition) is 3. The van der Waals surface area contributed by atoms with Crippen molar-refractivity contribution >= 4 is 21.6 Å². The van der Waals surface area contributed by atoms with Crippen LogP contribution in [0, 0.1) is 0 Å². The summed E-state index contributed by atoms with van der Waals surface area (Å²) in [5.41, 5.74) is 4.78. The standard InChI is InChI=1S/C20H17BrFN5/c1-2-6-15(22)10-16-12-27-18(11-19-20(21)23-13-26(16)19)17(24-25-27)9-14-7-4-3-5-8-14/h2-8,10,13H,1,9,11-12H2/b15-6+,16-10+. The molecule has 136 valence electrons. The quantitative estimate of drug-likeness (QED) is 0.585. The van der Waals surface area contributed by atoms with Crippen LogP contribution in [0.25, 0.3) is 5.70 Å². The van der Waals surface area contributed by atoms with E-state index < -0.39 is 0 Å². The average Bonchev–Trinajstić information content (AvgIpc) is 3.16. The Morgan fingerprint density at radius 1 is 1.26 bits per heavy atom. The summed E-state index contributed by atoms with van der Waals surface area (Å²) in [5, 5.41) is 8.71. The molecule has 27 heavy (non-hydrogen) atoms. The van der Waals surface area contributed by atoms with Crippen LogP contribution < -0.4 is 0 Å². The normalized spacial score (nSPS) is 15.3. The fourth-order valence-corrected chi connectivity index (χ4v) is 3.62. The highest BCUT2D eigenvalue weighted by Crippen LogP contribution is 2.28. The van der Waals surface area contributed by atoms with Crippen LogP contribution in [-0.4, -0.2) is 24.5 Å². The molecule has 1 aromatic carbocycles. The molecule has 1 aliphatic heterocycles. The summed E-state index contributed by atoms with van der Waals surface area (Å²) >= 11 is 3.51. The number of nitrogens with zero attached hydrogens (tertiary/aromatic N) is 5. The Kier molecular flexibility index (Phi) is 4.85. The number of imidazole rings is 1. The van der Waals surface area contributed by atoms with Crippen LogP contribution in [0.15, 0.2) is 71.9 Å². The first kappa shape index (κ1) is 17.6. The van der Waals surface area contributed by atoms with E-state index in [1.165, 1.54) is 23.8 Å². The maximum Gasteiger partial charge on any atom is 0.128 e. The SMILES string of the molecule is C=C/C=C(F)\C=C1/Cn2nnc(Cc3ccccc3)c2Cc2c(Br)ncn21. The topological polar surface area (TPSA) is 48.5 Å². The zero-order chi connectivity index (χ0) is 18.8. The Morgan fingerprint density at radius 2 is 2.07 bits per heavy atom. The molecule has 0 unspecified atom stereocenters. The Morgan fingerprint density at radius 3 is 2.85 bits per heavy atom. The molecule has 0 bridgehead atoms. The fourth-order valence-electron chi connectivity index (χ4n) is 3.20. The van der Waals surface area contributed by atoms with Crippen LogP contribution in [0.1, 0.15) is 22.6 Å². The third-order valence-electron chi connectivity index (χ3n) is 4.49. The predicted octanol–water partition coefficient (Wildman–Crippen LogP) is 4.31. The second kappa shape index (κ2) is 7.44. The number of allylic oxidation sites excluding steroid dienone is 5. The molecule has 0 fully saturated rings. The molecule has 0 saturated heterocycles. The Balaban J connectivity index is 1.77. The summed E-state index contributed by atoms with van der Waals surface area (Å²) in [6, 6.07) is 10.2. The summed E-state index contributed by atoms with van der Waals surface area (Å²) in [6.45, 7) is 3.95. The van der Waals surface area contributed by atoms with E-state index in [2.05, 4.69) is 49.9 Å². The maximum absolute atomic E-state index is 14.1. The Hall–Kier alpha value is -2.80. The van der Waals surface area contributed by atoms with Gasteiger partial charge in [-0.3, -0.25) is 0 Å². The van der Waals surface area contributed by atoms with Gasteiger partial charge in [-0.15, -0.1) is 5.10 Å². The highest BCUT2D eigenvalue weighted by Gasteiger charge is 2.24. The second-order valence-corrected chi connectivity index (χ2v) is 7.01. The number of fused-ring (bicyclic) bond motifs is 2. The number of aromatic nitrogens is 5. The molecule has 3 aromatic rings. The highest BCUT2D eigenvalue weighted by molar-refractivity contribution is 9.10.